The van der Waals surface area contributed by atoms with Gasteiger partial charge in [0.05, 0.1) is 16.6 Å². The van der Waals surface area contributed by atoms with E-state index in [1.54, 1.807) is 12.1 Å². The molecule has 0 aromatic heterocycles. The molecule has 2 aliphatic rings. The lowest BCUT2D eigenvalue weighted by Gasteiger charge is -2.38. The predicted octanol–water partition coefficient (Wildman–Crippen LogP) is 2.85. The zero-order valence-electron chi connectivity index (χ0n) is 11.6. The van der Waals surface area contributed by atoms with E-state index >= 15 is 0 Å². The molecule has 2 saturated heterocycles. The zero-order chi connectivity index (χ0) is 15.0. The van der Waals surface area contributed by atoms with Crippen LogP contribution in [0.4, 0.5) is 0 Å². The zero-order valence-corrected chi connectivity index (χ0v) is 13.1. The molecule has 0 spiro atoms. The quantitative estimate of drug-likeness (QED) is 0.924. The molecular weight excluding hydrogens is 311 g/mol. The Labute approximate surface area is 134 Å². The van der Waals surface area contributed by atoms with Gasteiger partial charge in [-0.1, -0.05) is 23.2 Å². The highest BCUT2D eigenvalue weighted by Crippen LogP contribution is 2.37. The summed E-state index contributed by atoms with van der Waals surface area (Å²) in [7, 11) is 0. The van der Waals surface area contributed by atoms with Gasteiger partial charge in [-0.2, -0.15) is 0 Å². The molecule has 2 atom stereocenters. The maximum Gasteiger partial charge on any atom is 0.231 e. The third-order valence-electron chi connectivity index (χ3n) is 4.37. The monoisotopic (exact) mass is 328 g/mol. The highest BCUT2D eigenvalue weighted by molar-refractivity contribution is 6.42. The molecule has 4 nitrogen and oxygen atoms in total. The Bertz CT molecular complexity index is 538. The van der Waals surface area contributed by atoms with Crippen LogP contribution < -0.4 is 10.5 Å². The van der Waals surface area contributed by atoms with Crippen molar-refractivity contribution in [1.82, 2.24) is 4.90 Å². The number of halogens is 2. The highest BCUT2D eigenvalue weighted by atomic mass is 35.5. The van der Waals surface area contributed by atoms with E-state index in [1.807, 2.05) is 6.07 Å². The lowest BCUT2D eigenvalue weighted by atomic mass is 9.99. The molecule has 6 heteroatoms. The molecule has 2 N–H and O–H groups in total. The normalized spacial score (nSPS) is 28.6. The van der Waals surface area contributed by atoms with E-state index in [1.165, 1.54) is 0 Å². The molecule has 2 heterocycles. The molecule has 0 saturated carbocycles. The molecule has 0 radical (unpaired) electrons. The summed E-state index contributed by atoms with van der Waals surface area (Å²) in [6, 6.07) is 6.12. The number of hydrogen-bond donors (Lipinski definition) is 1. The van der Waals surface area contributed by atoms with Gasteiger partial charge < -0.3 is 10.5 Å². The molecular formula is C15H18Cl2N2O2. The van der Waals surface area contributed by atoms with Gasteiger partial charge in [0.25, 0.3) is 0 Å². The molecule has 1 aromatic rings. The van der Waals surface area contributed by atoms with Gasteiger partial charge in [-0.15, -0.1) is 0 Å². The SMILES string of the molecule is NC(=O)CN1C2CCC1CC(Oc1ccc(Cl)c(Cl)c1)C2. The van der Waals surface area contributed by atoms with E-state index < -0.39 is 0 Å². The first-order valence-electron chi connectivity index (χ1n) is 7.18. The van der Waals surface area contributed by atoms with Crippen LogP contribution in [0.25, 0.3) is 0 Å². The Kier molecular flexibility index (Phi) is 4.29. The summed E-state index contributed by atoms with van der Waals surface area (Å²) in [6.07, 6.45) is 4.22. The number of carbonyl (C=O) groups excluding carboxylic acids is 1. The molecule has 1 aromatic carbocycles. The number of nitrogens with two attached hydrogens (primary N) is 1. The predicted molar refractivity (Wildman–Crippen MR) is 82.8 cm³/mol. The second kappa shape index (κ2) is 6.03. The van der Waals surface area contributed by atoms with Crippen LogP contribution >= 0.6 is 23.2 Å². The summed E-state index contributed by atoms with van der Waals surface area (Å²) in [4.78, 5) is 13.4. The van der Waals surface area contributed by atoms with Gasteiger partial charge in [0, 0.05) is 18.2 Å². The number of ether oxygens (including phenoxy) is 1. The molecule has 114 valence electrons. The number of piperidine rings is 1. The van der Waals surface area contributed by atoms with Gasteiger partial charge in [0.2, 0.25) is 5.91 Å². The van der Waals surface area contributed by atoms with Crippen LogP contribution in [0.2, 0.25) is 10.0 Å². The molecule has 3 rings (SSSR count). The summed E-state index contributed by atoms with van der Waals surface area (Å²) < 4.78 is 6.04. The number of fused-ring (bicyclic) bond motifs is 2. The van der Waals surface area contributed by atoms with Crippen LogP contribution in [0.1, 0.15) is 25.7 Å². The average Bonchev–Trinajstić information content (AvgIpc) is 2.66. The average molecular weight is 329 g/mol. The van der Waals surface area contributed by atoms with Gasteiger partial charge in [-0.25, -0.2) is 0 Å². The topological polar surface area (TPSA) is 55.6 Å². The smallest absolute Gasteiger partial charge is 0.231 e. The maximum atomic E-state index is 11.2. The van der Waals surface area contributed by atoms with Crippen LogP contribution in [0.15, 0.2) is 18.2 Å². The summed E-state index contributed by atoms with van der Waals surface area (Å²) in [5, 5.41) is 1.03. The number of rotatable bonds is 4. The van der Waals surface area contributed by atoms with Crippen LogP contribution in [0.5, 0.6) is 5.75 Å². The minimum Gasteiger partial charge on any atom is -0.490 e. The first kappa shape index (κ1) is 14.9. The Hall–Kier alpha value is -0.970. The summed E-state index contributed by atoms with van der Waals surface area (Å²) in [5.41, 5.74) is 5.33. The summed E-state index contributed by atoms with van der Waals surface area (Å²) in [5.74, 6) is 0.493. The van der Waals surface area contributed by atoms with Crippen LogP contribution in [-0.4, -0.2) is 35.5 Å². The fourth-order valence-electron chi connectivity index (χ4n) is 3.50. The minimum atomic E-state index is -0.254. The molecule has 2 unspecified atom stereocenters. The van der Waals surface area contributed by atoms with Crippen molar-refractivity contribution in [3.05, 3.63) is 28.2 Å². The summed E-state index contributed by atoms with van der Waals surface area (Å²) >= 11 is 11.9. The van der Waals surface area contributed by atoms with Crippen molar-refractivity contribution in [2.75, 3.05) is 6.54 Å². The number of carbonyl (C=O) groups is 1. The fraction of sp³-hybridized carbons (Fsp3) is 0.533. The minimum absolute atomic E-state index is 0.156. The van der Waals surface area contributed by atoms with E-state index in [0.29, 0.717) is 28.7 Å². The Morgan fingerprint density at radius 3 is 2.48 bits per heavy atom. The molecule has 2 fully saturated rings. The second-order valence-corrected chi connectivity index (χ2v) is 6.63. The number of nitrogens with zero attached hydrogens (tertiary/aromatic N) is 1. The third kappa shape index (κ3) is 3.28. The maximum absolute atomic E-state index is 11.2. The number of hydrogen-bond acceptors (Lipinski definition) is 3. The van der Waals surface area contributed by atoms with Crippen molar-refractivity contribution in [3.8, 4) is 5.75 Å². The highest BCUT2D eigenvalue weighted by Gasteiger charge is 2.41. The van der Waals surface area contributed by atoms with Gasteiger partial charge >= 0.3 is 0 Å². The molecule has 2 bridgehead atoms. The van der Waals surface area contributed by atoms with Crippen LogP contribution in [0, 0.1) is 0 Å². The Morgan fingerprint density at radius 2 is 1.90 bits per heavy atom. The van der Waals surface area contributed by atoms with Crippen molar-refractivity contribution >= 4 is 29.1 Å². The van der Waals surface area contributed by atoms with Crippen molar-refractivity contribution in [3.63, 3.8) is 0 Å². The Balaban J connectivity index is 1.64. The van der Waals surface area contributed by atoms with E-state index in [2.05, 4.69) is 4.90 Å². The first-order chi connectivity index (χ1) is 10.0. The van der Waals surface area contributed by atoms with Gasteiger partial charge in [-0.05, 0) is 37.8 Å². The van der Waals surface area contributed by atoms with Crippen molar-refractivity contribution in [2.24, 2.45) is 5.73 Å². The van der Waals surface area contributed by atoms with Gasteiger partial charge in [0.1, 0.15) is 11.9 Å². The number of primary amides is 1. The van der Waals surface area contributed by atoms with E-state index in [-0.39, 0.29) is 12.0 Å². The molecule has 2 aliphatic heterocycles. The lowest BCUT2D eigenvalue weighted by Crippen LogP contribution is -2.49. The van der Waals surface area contributed by atoms with E-state index in [9.17, 15) is 4.79 Å². The van der Waals surface area contributed by atoms with Crippen LogP contribution in [-0.2, 0) is 4.79 Å². The number of benzene rings is 1. The van der Waals surface area contributed by atoms with Crippen molar-refractivity contribution in [1.29, 1.82) is 0 Å². The van der Waals surface area contributed by atoms with Crippen LogP contribution in [0.3, 0.4) is 0 Å². The van der Waals surface area contributed by atoms with Gasteiger partial charge in [0.15, 0.2) is 0 Å². The Morgan fingerprint density at radius 1 is 1.24 bits per heavy atom. The summed E-state index contributed by atoms with van der Waals surface area (Å²) in [6.45, 7) is 0.356. The third-order valence-corrected chi connectivity index (χ3v) is 5.11. The van der Waals surface area contributed by atoms with Gasteiger partial charge in [-0.3, -0.25) is 9.69 Å². The molecule has 0 aliphatic carbocycles. The lowest BCUT2D eigenvalue weighted by molar-refractivity contribution is -0.120. The fourth-order valence-corrected chi connectivity index (χ4v) is 3.79. The number of amides is 1. The largest absolute Gasteiger partial charge is 0.490 e. The standard InChI is InChI=1S/C15H18Cl2N2O2/c16-13-4-3-11(7-14(13)17)21-12-5-9-1-2-10(6-12)19(9)8-15(18)20/h3-4,7,9-10,12H,1-2,5-6,8H2,(H2,18,20). The van der Waals surface area contributed by atoms with Crippen molar-refractivity contribution in [2.45, 2.75) is 43.9 Å². The van der Waals surface area contributed by atoms with Crippen molar-refractivity contribution < 1.29 is 9.53 Å². The van der Waals surface area contributed by atoms with E-state index in [4.69, 9.17) is 33.7 Å². The first-order valence-corrected chi connectivity index (χ1v) is 7.94. The second-order valence-electron chi connectivity index (χ2n) is 5.81. The van der Waals surface area contributed by atoms with E-state index in [0.717, 1.165) is 31.4 Å². The molecule has 1 amide bonds. The molecule has 21 heavy (non-hydrogen) atoms.